The predicted octanol–water partition coefficient (Wildman–Crippen LogP) is 1.62. The minimum absolute atomic E-state index is 0.125. The third-order valence-corrected chi connectivity index (χ3v) is 4.39. The lowest BCUT2D eigenvalue weighted by atomic mass is 9.89. The second-order valence-corrected chi connectivity index (χ2v) is 6.10. The van der Waals surface area contributed by atoms with Gasteiger partial charge in [-0.2, -0.15) is 0 Å². The van der Waals surface area contributed by atoms with E-state index in [1.807, 2.05) is 0 Å². The summed E-state index contributed by atoms with van der Waals surface area (Å²) in [7, 11) is 0. The molecule has 1 aromatic carbocycles. The number of imide groups is 1. The van der Waals surface area contributed by atoms with E-state index in [0.717, 1.165) is 11.0 Å². The minimum atomic E-state index is -1.10. The minimum Gasteiger partial charge on any atom is -0.481 e. The van der Waals surface area contributed by atoms with Crippen LogP contribution >= 0.6 is 0 Å². The fourth-order valence-corrected chi connectivity index (χ4v) is 2.85. The van der Waals surface area contributed by atoms with Gasteiger partial charge < -0.3 is 9.94 Å². The van der Waals surface area contributed by atoms with E-state index in [9.17, 15) is 18.8 Å². The number of carbonyl (C=O) groups excluding carboxylic acids is 2. The highest BCUT2D eigenvalue weighted by molar-refractivity contribution is 6.32. The molecule has 3 rings (SSSR count). The van der Waals surface area contributed by atoms with E-state index in [4.69, 9.17) is 9.94 Å². The van der Waals surface area contributed by atoms with Crippen LogP contribution in [0, 0.1) is 5.82 Å². The van der Waals surface area contributed by atoms with E-state index in [1.165, 1.54) is 19.9 Å². The van der Waals surface area contributed by atoms with Gasteiger partial charge in [-0.05, 0) is 26.8 Å². The number of carboxylic acid groups (broad SMARTS) is 1. The fraction of sp³-hybridized carbons (Fsp3) is 0.312. The van der Waals surface area contributed by atoms with Crippen LogP contribution in [0.1, 0.15) is 32.8 Å². The number of halogens is 1. The van der Waals surface area contributed by atoms with Crippen molar-refractivity contribution >= 4 is 23.5 Å². The highest BCUT2D eigenvalue weighted by atomic mass is 19.1. The van der Waals surface area contributed by atoms with Gasteiger partial charge in [-0.15, -0.1) is 5.48 Å². The fourth-order valence-electron chi connectivity index (χ4n) is 2.85. The van der Waals surface area contributed by atoms with Crippen LogP contribution in [0.25, 0.3) is 0 Å². The second kappa shape index (κ2) is 5.13. The highest BCUT2D eigenvalue weighted by Gasteiger charge is 2.42. The van der Waals surface area contributed by atoms with Crippen LogP contribution in [0.4, 0.5) is 10.1 Å². The van der Waals surface area contributed by atoms with Crippen molar-refractivity contribution in [3.05, 3.63) is 34.7 Å². The third-order valence-electron chi connectivity index (χ3n) is 4.39. The lowest BCUT2D eigenvalue weighted by Crippen LogP contribution is -2.38. The topological polar surface area (TPSA) is 95.9 Å². The number of hydrogen-bond acceptors (Lipinski definition) is 5. The van der Waals surface area contributed by atoms with Crippen LogP contribution in [0.2, 0.25) is 0 Å². The molecular formula is C16H15FN2O5. The van der Waals surface area contributed by atoms with Crippen LogP contribution < -0.4 is 15.2 Å². The average molecular weight is 334 g/mol. The normalized spacial score (nSPS) is 22.9. The van der Waals surface area contributed by atoms with Gasteiger partial charge >= 0.3 is 5.97 Å². The first-order chi connectivity index (χ1) is 11.2. The lowest BCUT2D eigenvalue weighted by Gasteiger charge is -2.22. The smallest absolute Gasteiger partial charge is 0.305 e. The van der Waals surface area contributed by atoms with E-state index in [1.54, 1.807) is 6.92 Å². The van der Waals surface area contributed by atoms with E-state index in [-0.39, 0.29) is 29.0 Å². The summed E-state index contributed by atoms with van der Waals surface area (Å²) >= 11 is 0. The largest absolute Gasteiger partial charge is 0.481 e. The molecule has 0 radical (unpaired) electrons. The van der Waals surface area contributed by atoms with Crippen molar-refractivity contribution in [2.24, 2.45) is 0 Å². The van der Waals surface area contributed by atoms with Crippen LogP contribution in [0.5, 0.6) is 5.75 Å². The maximum Gasteiger partial charge on any atom is 0.305 e. The van der Waals surface area contributed by atoms with Crippen molar-refractivity contribution in [3.63, 3.8) is 0 Å². The summed E-state index contributed by atoms with van der Waals surface area (Å²) in [6, 6.07) is 2.32. The Morgan fingerprint density at radius 1 is 1.29 bits per heavy atom. The molecular weight excluding hydrogens is 319 g/mol. The average Bonchev–Trinajstić information content (AvgIpc) is 2.89. The van der Waals surface area contributed by atoms with E-state index >= 15 is 0 Å². The summed E-state index contributed by atoms with van der Waals surface area (Å²) in [6.07, 6.45) is -0.316. The molecule has 1 unspecified atom stereocenters. The van der Waals surface area contributed by atoms with Crippen molar-refractivity contribution < 1.29 is 28.7 Å². The molecule has 0 fully saturated rings. The van der Waals surface area contributed by atoms with Gasteiger partial charge in [-0.25, -0.2) is 9.29 Å². The molecule has 0 saturated heterocycles. The summed E-state index contributed by atoms with van der Waals surface area (Å²) < 4.78 is 14.4. The maximum atomic E-state index is 14.4. The van der Waals surface area contributed by atoms with E-state index < -0.39 is 29.1 Å². The van der Waals surface area contributed by atoms with Crippen LogP contribution in [-0.4, -0.2) is 22.9 Å². The molecule has 0 aromatic heterocycles. The number of carboxylic acids is 1. The molecule has 126 valence electrons. The summed E-state index contributed by atoms with van der Waals surface area (Å²) in [5.41, 5.74) is 2.12. The Morgan fingerprint density at radius 2 is 1.88 bits per heavy atom. The molecule has 0 aliphatic carbocycles. The number of aliphatic carboxylic acids is 1. The SMILES string of the molecule is CC1=C(C)C(=O)N(c2cc3c(cc2F)ONC3(C)CC(=O)O)C1=O. The van der Waals surface area contributed by atoms with Gasteiger partial charge in [0.2, 0.25) is 0 Å². The van der Waals surface area contributed by atoms with E-state index in [2.05, 4.69) is 5.48 Å². The Kier molecular flexibility index (Phi) is 3.45. The third kappa shape index (κ3) is 2.18. The molecule has 24 heavy (non-hydrogen) atoms. The second-order valence-electron chi connectivity index (χ2n) is 6.10. The van der Waals surface area contributed by atoms with Gasteiger partial charge in [0, 0.05) is 22.8 Å². The van der Waals surface area contributed by atoms with Crippen molar-refractivity contribution in [2.45, 2.75) is 32.7 Å². The molecule has 1 aromatic rings. The molecule has 2 N–H and O–H groups in total. The standard InChI is InChI=1S/C16H15FN2O5/c1-7-8(2)15(23)19(14(7)22)11-4-9-12(5-10(11)17)24-18-16(9,3)6-13(20)21/h4-5,18H,6H2,1-3H3,(H,20,21). The Morgan fingerprint density at radius 3 is 2.42 bits per heavy atom. The van der Waals surface area contributed by atoms with Crippen LogP contribution in [0.3, 0.4) is 0 Å². The first kappa shape index (κ1) is 16.1. The number of amides is 2. The number of fused-ring (bicyclic) bond motifs is 1. The van der Waals surface area contributed by atoms with Gasteiger partial charge in [0.25, 0.3) is 11.8 Å². The Labute approximate surface area is 136 Å². The summed E-state index contributed by atoms with van der Waals surface area (Å²) in [5, 5.41) is 9.06. The Hall–Kier alpha value is -2.74. The quantitative estimate of drug-likeness (QED) is 0.816. The number of hydroxylamine groups is 1. The molecule has 8 heteroatoms. The zero-order valence-corrected chi connectivity index (χ0v) is 13.3. The Balaban J connectivity index is 2.10. The number of anilines is 1. The van der Waals surface area contributed by atoms with Crippen molar-refractivity contribution in [1.29, 1.82) is 0 Å². The number of nitrogens with zero attached hydrogens (tertiary/aromatic N) is 1. The lowest BCUT2D eigenvalue weighted by molar-refractivity contribution is -0.139. The molecule has 2 aliphatic heterocycles. The molecule has 1 atom stereocenters. The summed E-state index contributed by atoms with van der Waals surface area (Å²) in [6.45, 7) is 4.58. The molecule has 0 spiro atoms. The van der Waals surface area contributed by atoms with Crippen molar-refractivity contribution in [1.82, 2.24) is 5.48 Å². The Bertz CT molecular complexity index is 808. The molecule has 7 nitrogen and oxygen atoms in total. The summed E-state index contributed by atoms with van der Waals surface area (Å²) in [5.74, 6) is -2.94. The predicted molar refractivity (Wildman–Crippen MR) is 80.6 cm³/mol. The number of nitrogens with one attached hydrogen (secondary N) is 1. The highest BCUT2D eigenvalue weighted by Crippen LogP contribution is 2.42. The van der Waals surface area contributed by atoms with Gasteiger partial charge in [-0.3, -0.25) is 14.4 Å². The molecule has 2 heterocycles. The number of carbonyl (C=O) groups is 3. The van der Waals surface area contributed by atoms with Crippen LogP contribution in [-0.2, 0) is 19.9 Å². The molecule has 2 amide bonds. The number of benzene rings is 1. The first-order valence-corrected chi connectivity index (χ1v) is 7.22. The first-order valence-electron chi connectivity index (χ1n) is 7.22. The van der Waals surface area contributed by atoms with Crippen molar-refractivity contribution in [3.8, 4) is 5.75 Å². The molecule has 0 saturated carbocycles. The van der Waals surface area contributed by atoms with E-state index in [0.29, 0.717) is 5.56 Å². The van der Waals surface area contributed by atoms with Gasteiger partial charge in [0.15, 0.2) is 11.6 Å². The zero-order chi connectivity index (χ0) is 17.8. The molecule has 2 aliphatic rings. The van der Waals surface area contributed by atoms with Crippen molar-refractivity contribution in [2.75, 3.05) is 4.90 Å². The molecule has 0 bridgehead atoms. The van der Waals surface area contributed by atoms with Gasteiger partial charge in [0.05, 0.1) is 17.6 Å². The summed E-state index contributed by atoms with van der Waals surface area (Å²) in [4.78, 5) is 41.5. The maximum absolute atomic E-state index is 14.4. The van der Waals surface area contributed by atoms with Gasteiger partial charge in [-0.1, -0.05) is 0 Å². The monoisotopic (exact) mass is 334 g/mol. The number of hydrogen-bond donors (Lipinski definition) is 2. The van der Waals surface area contributed by atoms with Gasteiger partial charge in [0.1, 0.15) is 0 Å². The number of rotatable bonds is 3. The zero-order valence-electron chi connectivity index (χ0n) is 13.3. The van der Waals surface area contributed by atoms with Crippen LogP contribution in [0.15, 0.2) is 23.3 Å².